The Morgan fingerprint density at radius 1 is 1.40 bits per heavy atom. The number of ether oxygens (including phenoxy) is 2. The summed E-state index contributed by atoms with van der Waals surface area (Å²) in [5, 5.41) is 0.653. The van der Waals surface area contributed by atoms with Crippen molar-refractivity contribution < 1.29 is 14.3 Å². The molecule has 1 aromatic rings. The normalized spacial score (nSPS) is 9.87. The zero-order chi connectivity index (χ0) is 11.4. The Bertz CT molecular complexity index is 377. The summed E-state index contributed by atoms with van der Waals surface area (Å²) in [6.45, 7) is 0. The number of esters is 1. The molecule has 0 spiro atoms. The number of halogens is 2. The van der Waals surface area contributed by atoms with Crippen molar-refractivity contribution in [3.05, 3.63) is 27.7 Å². The Labute approximate surface area is 105 Å². The monoisotopic (exact) mass is 336 g/mol. The maximum atomic E-state index is 11.4. The average molecular weight is 338 g/mol. The number of methoxy groups -OCH3 is 2. The SMILES string of the molecule is COC(=O)c1cc(CBr)cc(OC)c1Br. The fourth-order valence-electron chi connectivity index (χ4n) is 1.14. The molecule has 0 N–H and O–H groups in total. The minimum absolute atomic E-state index is 0.386. The van der Waals surface area contributed by atoms with Gasteiger partial charge in [-0.3, -0.25) is 0 Å². The molecule has 0 aliphatic rings. The smallest absolute Gasteiger partial charge is 0.339 e. The van der Waals surface area contributed by atoms with Gasteiger partial charge >= 0.3 is 5.97 Å². The van der Waals surface area contributed by atoms with Gasteiger partial charge in [0.2, 0.25) is 0 Å². The lowest BCUT2D eigenvalue weighted by Gasteiger charge is -2.09. The number of carbonyl (C=O) groups excluding carboxylic acids is 1. The molecular formula is C10H10Br2O3. The summed E-state index contributed by atoms with van der Waals surface area (Å²) >= 11 is 6.63. The molecule has 0 fully saturated rings. The molecule has 0 aromatic heterocycles. The van der Waals surface area contributed by atoms with E-state index in [-0.39, 0.29) is 5.97 Å². The molecule has 0 saturated heterocycles. The Hall–Kier alpha value is -0.550. The highest BCUT2D eigenvalue weighted by molar-refractivity contribution is 9.10. The van der Waals surface area contributed by atoms with Gasteiger partial charge in [-0.25, -0.2) is 4.79 Å². The minimum atomic E-state index is -0.386. The Morgan fingerprint density at radius 2 is 2.07 bits per heavy atom. The molecule has 82 valence electrons. The molecule has 0 aliphatic heterocycles. The summed E-state index contributed by atoms with van der Waals surface area (Å²) in [7, 11) is 2.90. The van der Waals surface area contributed by atoms with Gasteiger partial charge in [-0.1, -0.05) is 15.9 Å². The van der Waals surface area contributed by atoms with E-state index in [0.717, 1.165) is 5.56 Å². The van der Waals surface area contributed by atoms with Crippen LogP contribution >= 0.6 is 31.9 Å². The molecule has 0 aliphatic carbocycles. The number of carbonyl (C=O) groups is 1. The third-order valence-electron chi connectivity index (χ3n) is 1.88. The summed E-state index contributed by atoms with van der Waals surface area (Å²) in [6, 6.07) is 3.61. The van der Waals surface area contributed by atoms with Crippen LogP contribution in [0.25, 0.3) is 0 Å². The molecule has 0 amide bonds. The van der Waals surface area contributed by atoms with Gasteiger partial charge < -0.3 is 9.47 Å². The van der Waals surface area contributed by atoms with E-state index >= 15 is 0 Å². The van der Waals surface area contributed by atoms with E-state index in [1.807, 2.05) is 6.07 Å². The van der Waals surface area contributed by atoms with Gasteiger partial charge in [0.15, 0.2) is 0 Å². The Kier molecular flexibility index (Phi) is 4.60. The van der Waals surface area contributed by atoms with Crippen molar-refractivity contribution in [3.63, 3.8) is 0 Å². The van der Waals surface area contributed by atoms with Crippen LogP contribution in [0.3, 0.4) is 0 Å². The highest BCUT2D eigenvalue weighted by atomic mass is 79.9. The lowest BCUT2D eigenvalue weighted by Crippen LogP contribution is -2.04. The highest BCUT2D eigenvalue weighted by Crippen LogP contribution is 2.31. The number of hydrogen-bond donors (Lipinski definition) is 0. The molecule has 1 rings (SSSR count). The predicted molar refractivity (Wildman–Crippen MR) is 64.7 cm³/mol. The fourth-order valence-corrected chi connectivity index (χ4v) is 2.02. The van der Waals surface area contributed by atoms with Crippen LogP contribution in [0.2, 0.25) is 0 Å². The van der Waals surface area contributed by atoms with Gasteiger partial charge in [-0.05, 0) is 33.6 Å². The van der Waals surface area contributed by atoms with Crippen molar-refractivity contribution in [2.75, 3.05) is 14.2 Å². The molecule has 15 heavy (non-hydrogen) atoms. The van der Waals surface area contributed by atoms with E-state index in [9.17, 15) is 4.79 Å². The van der Waals surface area contributed by atoms with Crippen LogP contribution in [0.1, 0.15) is 15.9 Å². The van der Waals surface area contributed by atoms with Crippen LogP contribution in [0.5, 0.6) is 5.75 Å². The molecule has 3 nitrogen and oxygen atoms in total. The quantitative estimate of drug-likeness (QED) is 0.628. The van der Waals surface area contributed by atoms with E-state index in [1.54, 1.807) is 13.2 Å². The van der Waals surface area contributed by atoms with Gasteiger partial charge in [-0.15, -0.1) is 0 Å². The first kappa shape index (κ1) is 12.5. The van der Waals surface area contributed by atoms with E-state index < -0.39 is 0 Å². The standard InChI is InChI=1S/C10H10Br2O3/c1-14-8-4-6(5-11)3-7(9(8)12)10(13)15-2/h3-4H,5H2,1-2H3. The third kappa shape index (κ3) is 2.72. The second-order valence-corrected chi connectivity index (χ2v) is 4.14. The first-order valence-corrected chi connectivity index (χ1v) is 6.06. The number of hydrogen-bond acceptors (Lipinski definition) is 3. The second-order valence-electron chi connectivity index (χ2n) is 2.78. The molecular weight excluding hydrogens is 328 g/mol. The topological polar surface area (TPSA) is 35.5 Å². The molecule has 0 unspecified atom stereocenters. The van der Waals surface area contributed by atoms with E-state index in [1.165, 1.54) is 7.11 Å². The van der Waals surface area contributed by atoms with Gasteiger partial charge in [0.05, 0.1) is 24.3 Å². The van der Waals surface area contributed by atoms with Crippen molar-refractivity contribution in [1.82, 2.24) is 0 Å². The summed E-state index contributed by atoms with van der Waals surface area (Å²) in [4.78, 5) is 11.4. The van der Waals surface area contributed by atoms with Crippen LogP contribution in [-0.4, -0.2) is 20.2 Å². The van der Waals surface area contributed by atoms with Crippen molar-refractivity contribution in [3.8, 4) is 5.75 Å². The predicted octanol–water partition coefficient (Wildman–Crippen LogP) is 3.14. The molecule has 0 atom stereocenters. The van der Waals surface area contributed by atoms with Crippen molar-refractivity contribution >= 4 is 37.8 Å². The van der Waals surface area contributed by atoms with E-state index in [0.29, 0.717) is 21.1 Å². The third-order valence-corrected chi connectivity index (χ3v) is 3.34. The van der Waals surface area contributed by atoms with Crippen molar-refractivity contribution in [2.24, 2.45) is 0 Å². The van der Waals surface area contributed by atoms with Crippen LogP contribution in [0.4, 0.5) is 0 Å². The molecule has 1 aromatic carbocycles. The van der Waals surface area contributed by atoms with E-state index in [4.69, 9.17) is 4.74 Å². The number of rotatable bonds is 3. The summed E-state index contributed by atoms with van der Waals surface area (Å²) in [5.41, 5.74) is 1.42. The zero-order valence-corrected chi connectivity index (χ0v) is 11.5. The van der Waals surface area contributed by atoms with Crippen LogP contribution in [0.15, 0.2) is 16.6 Å². The number of benzene rings is 1. The molecule has 0 radical (unpaired) electrons. The maximum absolute atomic E-state index is 11.4. The molecule has 0 bridgehead atoms. The Balaban J connectivity index is 3.30. The zero-order valence-electron chi connectivity index (χ0n) is 8.34. The summed E-state index contributed by atoms with van der Waals surface area (Å²) in [5.74, 6) is 0.232. The fraction of sp³-hybridized carbons (Fsp3) is 0.300. The number of alkyl halides is 1. The van der Waals surface area contributed by atoms with Gasteiger partial charge in [0, 0.05) is 5.33 Å². The maximum Gasteiger partial charge on any atom is 0.339 e. The largest absolute Gasteiger partial charge is 0.496 e. The molecule has 0 saturated carbocycles. The van der Waals surface area contributed by atoms with E-state index in [2.05, 4.69) is 36.6 Å². The van der Waals surface area contributed by atoms with Crippen LogP contribution in [0, 0.1) is 0 Å². The average Bonchev–Trinajstić information content (AvgIpc) is 2.28. The van der Waals surface area contributed by atoms with Crippen LogP contribution in [-0.2, 0) is 10.1 Å². The summed E-state index contributed by atoms with van der Waals surface area (Å²) < 4.78 is 10.4. The molecule has 5 heteroatoms. The highest BCUT2D eigenvalue weighted by Gasteiger charge is 2.15. The lowest BCUT2D eigenvalue weighted by molar-refractivity contribution is 0.0599. The Morgan fingerprint density at radius 3 is 2.53 bits per heavy atom. The van der Waals surface area contributed by atoms with Crippen LogP contribution < -0.4 is 4.74 Å². The van der Waals surface area contributed by atoms with Crippen molar-refractivity contribution in [2.45, 2.75) is 5.33 Å². The van der Waals surface area contributed by atoms with Gasteiger partial charge in [0.25, 0.3) is 0 Å². The lowest BCUT2D eigenvalue weighted by atomic mass is 10.1. The second kappa shape index (κ2) is 5.51. The van der Waals surface area contributed by atoms with Gasteiger partial charge in [0.1, 0.15) is 5.75 Å². The molecule has 0 heterocycles. The first-order chi connectivity index (χ1) is 7.13. The van der Waals surface area contributed by atoms with Gasteiger partial charge in [-0.2, -0.15) is 0 Å². The summed E-state index contributed by atoms with van der Waals surface area (Å²) in [6.07, 6.45) is 0. The van der Waals surface area contributed by atoms with Crippen molar-refractivity contribution in [1.29, 1.82) is 0 Å². The first-order valence-electron chi connectivity index (χ1n) is 4.14. The minimum Gasteiger partial charge on any atom is -0.496 e.